The molecule has 0 amide bonds. The number of fused-ring (bicyclic) bond motifs is 1. The number of rotatable bonds is 4. The first-order valence-electron chi connectivity index (χ1n) is 7.36. The minimum atomic E-state index is 0.441. The Balaban J connectivity index is 1.87. The first-order valence-corrected chi connectivity index (χ1v) is 7.36. The number of ether oxygens (including phenoxy) is 1. The van der Waals surface area contributed by atoms with Gasteiger partial charge in [0.05, 0.1) is 24.0 Å². The average molecular weight is 273 g/mol. The quantitative estimate of drug-likeness (QED) is 0.929. The normalized spacial score (nSPS) is 20.6. The first-order chi connectivity index (χ1) is 9.69. The number of imidazole rings is 1. The Kier molecular flexibility index (Phi) is 3.76. The van der Waals surface area contributed by atoms with Crippen LogP contribution in [0.25, 0.3) is 11.0 Å². The average Bonchev–Trinajstić information content (AvgIpc) is 3.07. The predicted molar refractivity (Wildman–Crippen MR) is 81.0 cm³/mol. The van der Waals surface area contributed by atoms with Gasteiger partial charge in [-0.1, -0.05) is 0 Å². The highest BCUT2D eigenvalue weighted by Crippen LogP contribution is 2.22. The molecule has 108 valence electrons. The zero-order valence-corrected chi connectivity index (χ0v) is 12.5. The summed E-state index contributed by atoms with van der Waals surface area (Å²) in [4.78, 5) is 4.54. The molecule has 1 aromatic carbocycles. The summed E-state index contributed by atoms with van der Waals surface area (Å²) in [6, 6.07) is 4.86. The molecule has 3 rings (SSSR count). The third-order valence-electron chi connectivity index (χ3n) is 4.53. The largest absolute Gasteiger partial charge is 0.381 e. The Morgan fingerprint density at radius 3 is 2.90 bits per heavy atom. The van der Waals surface area contributed by atoms with Crippen LogP contribution in [0.15, 0.2) is 18.5 Å². The molecule has 0 aliphatic carbocycles. The van der Waals surface area contributed by atoms with Gasteiger partial charge in [0.25, 0.3) is 0 Å². The predicted octanol–water partition coefficient (Wildman–Crippen LogP) is 2.28. The minimum absolute atomic E-state index is 0.441. The van der Waals surface area contributed by atoms with E-state index in [0.29, 0.717) is 12.0 Å². The molecule has 0 spiro atoms. The number of benzene rings is 1. The maximum Gasteiger partial charge on any atom is 0.0958 e. The summed E-state index contributed by atoms with van der Waals surface area (Å²) >= 11 is 0. The van der Waals surface area contributed by atoms with E-state index in [4.69, 9.17) is 4.74 Å². The highest BCUT2D eigenvalue weighted by molar-refractivity contribution is 5.77. The highest BCUT2D eigenvalue weighted by atomic mass is 16.5. The van der Waals surface area contributed by atoms with Crippen LogP contribution in [-0.2, 0) is 11.3 Å². The smallest absolute Gasteiger partial charge is 0.0958 e. The zero-order valence-electron chi connectivity index (χ0n) is 12.5. The Morgan fingerprint density at radius 2 is 2.20 bits per heavy atom. The van der Waals surface area contributed by atoms with Crippen molar-refractivity contribution in [2.24, 2.45) is 5.92 Å². The first kappa shape index (κ1) is 13.6. The van der Waals surface area contributed by atoms with Gasteiger partial charge in [0.2, 0.25) is 0 Å². The second-order valence-electron chi connectivity index (χ2n) is 5.84. The summed E-state index contributed by atoms with van der Waals surface area (Å²) < 4.78 is 7.78. The molecule has 4 heteroatoms. The molecule has 1 saturated heterocycles. The summed E-state index contributed by atoms with van der Waals surface area (Å²) in [5, 5.41) is 3.44. The van der Waals surface area contributed by atoms with Gasteiger partial charge in [-0.05, 0) is 50.6 Å². The third-order valence-corrected chi connectivity index (χ3v) is 4.53. The van der Waals surface area contributed by atoms with Crippen LogP contribution in [0, 0.1) is 19.8 Å². The summed E-state index contributed by atoms with van der Waals surface area (Å²) in [5.41, 5.74) is 4.94. The summed E-state index contributed by atoms with van der Waals surface area (Å²) in [5.74, 6) is 0.601. The number of hydrogen-bond acceptors (Lipinski definition) is 3. The lowest BCUT2D eigenvalue weighted by atomic mass is 9.99. The molecule has 1 N–H and O–H groups in total. The van der Waals surface area contributed by atoms with Gasteiger partial charge in [-0.2, -0.15) is 0 Å². The van der Waals surface area contributed by atoms with Gasteiger partial charge < -0.3 is 14.6 Å². The van der Waals surface area contributed by atoms with Crippen LogP contribution in [-0.4, -0.2) is 35.9 Å². The fraction of sp³-hybridized carbons (Fsp3) is 0.562. The van der Waals surface area contributed by atoms with Crippen molar-refractivity contribution in [1.82, 2.24) is 14.9 Å². The lowest BCUT2D eigenvalue weighted by molar-refractivity contribution is 0.175. The van der Waals surface area contributed by atoms with E-state index in [1.165, 1.54) is 16.6 Å². The monoisotopic (exact) mass is 273 g/mol. The molecular weight excluding hydrogens is 250 g/mol. The van der Waals surface area contributed by atoms with Gasteiger partial charge in [-0.25, -0.2) is 4.98 Å². The number of nitrogens with zero attached hydrogens (tertiary/aromatic N) is 2. The number of aryl methyl sites for hydroxylation is 2. The molecule has 4 nitrogen and oxygen atoms in total. The molecule has 1 aliphatic rings. The molecule has 1 aliphatic heterocycles. The highest BCUT2D eigenvalue weighted by Gasteiger charge is 2.25. The lowest BCUT2D eigenvalue weighted by Gasteiger charge is -2.22. The Hall–Kier alpha value is -1.39. The number of nitrogens with one attached hydrogen (secondary N) is 1. The number of hydrogen-bond donors (Lipinski definition) is 1. The van der Waals surface area contributed by atoms with E-state index >= 15 is 0 Å². The second-order valence-corrected chi connectivity index (χ2v) is 5.84. The summed E-state index contributed by atoms with van der Waals surface area (Å²) in [6.45, 7) is 7.01. The van der Waals surface area contributed by atoms with Crippen LogP contribution in [0.3, 0.4) is 0 Å². The van der Waals surface area contributed by atoms with Crippen LogP contribution < -0.4 is 5.32 Å². The molecule has 0 radical (unpaired) electrons. The fourth-order valence-corrected chi connectivity index (χ4v) is 3.02. The topological polar surface area (TPSA) is 39.1 Å². The van der Waals surface area contributed by atoms with Crippen molar-refractivity contribution >= 4 is 11.0 Å². The van der Waals surface area contributed by atoms with Crippen LogP contribution in [0.2, 0.25) is 0 Å². The Labute approximate surface area is 120 Å². The van der Waals surface area contributed by atoms with Gasteiger partial charge in [0.15, 0.2) is 0 Å². The van der Waals surface area contributed by atoms with Gasteiger partial charge >= 0.3 is 0 Å². The van der Waals surface area contributed by atoms with Crippen molar-refractivity contribution in [3.05, 3.63) is 29.6 Å². The van der Waals surface area contributed by atoms with Gasteiger partial charge in [-0.3, -0.25) is 0 Å². The standard InChI is InChI=1S/C16H23N3O/c1-11-6-14-16(7-12(11)2)19(10-18-14)8-15(17-3)13-4-5-20-9-13/h6-7,10,13,15,17H,4-5,8-9H2,1-3H3. The Bertz CT molecular complexity index is 599. The number of likely N-dealkylation sites (N-methyl/N-ethyl adjacent to an activating group) is 1. The van der Waals surface area contributed by atoms with Gasteiger partial charge in [-0.15, -0.1) is 0 Å². The third kappa shape index (κ3) is 2.45. The van der Waals surface area contributed by atoms with E-state index in [0.717, 1.165) is 31.7 Å². The SMILES string of the molecule is CNC(Cn1cnc2cc(C)c(C)cc21)C1CCOC1. The minimum Gasteiger partial charge on any atom is -0.381 e. The van der Waals surface area contributed by atoms with Gasteiger partial charge in [0, 0.05) is 25.1 Å². The maximum absolute atomic E-state index is 5.52. The van der Waals surface area contributed by atoms with E-state index < -0.39 is 0 Å². The van der Waals surface area contributed by atoms with Crippen molar-refractivity contribution in [1.29, 1.82) is 0 Å². The molecule has 1 aromatic heterocycles. The molecule has 2 unspecified atom stereocenters. The zero-order chi connectivity index (χ0) is 14.1. The van der Waals surface area contributed by atoms with Crippen LogP contribution in [0.1, 0.15) is 17.5 Å². The molecule has 0 saturated carbocycles. The Morgan fingerprint density at radius 1 is 1.40 bits per heavy atom. The summed E-state index contributed by atoms with van der Waals surface area (Å²) in [7, 11) is 2.04. The van der Waals surface area contributed by atoms with Crippen molar-refractivity contribution in [2.45, 2.75) is 32.9 Å². The molecule has 1 fully saturated rings. The molecule has 0 bridgehead atoms. The second kappa shape index (κ2) is 5.54. The van der Waals surface area contributed by atoms with Crippen molar-refractivity contribution < 1.29 is 4.74 Å². The van der Waals surface area contributed by atoms with E-state index in [-0.39, 0.29) is 0 Å². The molecule has 2 aromatic rings. The fourth-order valence-electron chi connectivity index (χ4n) is 3.02. The molecular formula is C16H23N3O. The van der Waals surface area contributed by atoms with Crippen molar-refractivity contribution in [3.8, 4) is 0 Å². The van der Waals surface area contributed by atoms with Crippen LogP contribution >= 0.6 is 0 Å². The van der Waals surface area contributed by atoms with E-state index in [1.807, 2.05) is 13.4 Å². The summed E-state index contributed by atoms with van der Waals surface area (Å²) in [6.07, 6.45) is 3.11. The molecule has 2 atom stereocenters. The van der Waals surface area contributed by atoms with E-state index in [2.05, 4.69) is 40.8 Å². The van der Waals surface area contributed by atoms with Crippen molar-refractivity contribution in [2.75, 3.05) is 20.3 Å². The molecule has 20 heavy (non-hydrogen) atoms. The van der Waals surface area contributed by atoms with Crippen LogP contribution in [0.4, 0.5) is 0 Å². The van der Waals surface area contributed by atoms with Crippen LogP contribution in [0.5, 0.6) is 0 Å². The lowest BCUT2D eigenvalue weighted by Crippen LogP contribution is -2.37. The van der Waals surface area contributed by atoms with Crippen molar-refractivity contribution in [3.63, 3.8) is 0 Å². The molecule has 2 heterocycles. The van der Waals surface area contributed by atoms with E-state index in [9.17, 15) is 0 Å². The van der Waals surface area contributed by atoms with Gasteiger partial charge in [0.1, 0.15) is 0 Å². The van der Waals surface area contributed by atoms with E-state index in [1.54, 1.807) is 0 Å². The maximum atomic E-state index is 5.52. The number of aromatic nitrogens is 2.